The topological polar surface area (TPSA) is 90.7 Å². The van der Waals surface area contributed by atoms with E-state index in [9.17, 15) is 9.50 Å². The Balaban J connectivity index is 2.74. The lowest BCUT2D eigenvalue weighted by Crippen LogP contribution is -1.96. The van der Waals surface area contributed by atoms with E-state index < -0.39 is 11.6 Å². The highest BCUT2D eigenvalue weighted by Crippen LogP contribution is 2.45. The molecule has 0 fully saturated rings. The number of benzene rings is 1. The number of methoxy groups -OCH3 is 2. The molecule has 0 saturated heterocycles. The summed E-state index contributed by atoms with van der Waals surface area (Å²) in [7, 11) is 2.72. The van der Waals surface area contributed by atoms with Crippen LogP contribution in [-0.2, 0) is 0 Å². The van der Waals surface area contributed by atoms with Crippen molar-refractivity contribution in [1.29, 1.82) is 0 Å². The zero-order valence-corrected chi connectivity index (χ0v) is 9.73. The minimum absolute atomic E-state index is 0.0230. The third-order valence-corrected chi connectivity index (χ3v) is 2.38. The fraction of sp³-hybridized carbons (Fsp3) is 0.182. The SMILES string of the molecule is COc1cc(F)c(O)c(-c2cc(N)on2)c1OC. The summed E-state index contributed by atoms with van der Waals surface area (Å²) in [5, 5.41) is 13.4. The number of nitrogen functional groups attached to an aromatic ring is 1. The van der Waals surface area contributed by atoms with Gasteiger partial charge in [-0.05, 0) is 0 Å². The van der Waals surface area contributed by atoms with Gasteiger partial charge in [-0.3, -0.25) is 0 Å². The Morgan fingerprint density at radius 3 is 2.56 bits per heavy atom. The molecule has 18 heavy (non-hydrogen) atoms. The molecule has 7 heteroatoms. The number of anilines is 1. The lowest BCUT2D eigenvalue weighted by Gasteiger charge is -2.13. The maximum absolute atomic E-state index is 13.6. The normalized spacial score (nSPS) is 10.4. The number of nitrogens with two attached hydrogens (primary N) is 1. The largest absolute Gasteiger partial charge is 0.504 e. The van der Waals surface area contributed by atoms with Crippen LogP contribution in [0, 0.1) is 5.82 Å². The Bertz CT molecular complexity index is 583. The quantitative estimate of drug-likeness (QED) is 0.867. The van der Waals surface area contributed by atoms with Crippen molar-refractivity contribution in [2.45, 2.75) is 0 Å². The van der Waals surface area contributed by atoms with Gasteiger partial charge in [-0.1, -0.05) is 5.16 Å². The number of hydrogen-bond donors (Lipinski definition) is 2. The highest BCUT2D eigenvalue weighted by molar-refractivity contribution is 5.78. The van der Waals surface area contributed by atoms with Gasteiger partial charge in [0.15, 0.2) is 23.1 Å². The van der Waals surface area contributed by atoms with E-state index in [0.29, 0.717) is 0 Å². The Labute approximate surface area is 102 Å². The van der Waals surface area contributed by atoms with Crippen LogP contribution >= 0.6 is 0 Å². The van der Waals surface area contributed by atoms with Crippen LogP contribution in [0.1, 0.15) is 0 Å². The van der Waals surface area contributed by atoms with Crippen molar-refractivity contribution in [3.8, 4) is 28.5 Å². The van der Waals surface area contributed by atoms with Crippen LogP contribution in [0.5, 0.6) is 17.2 Å². The number of rotatable bonds is 3. The van der Waals surface area contributed by atoms with Crippen molar-refractivity contribution in [3.63, 3.8) is 0 Å². The van der Waals surface area contributed by atoms with Crippen LogP contribution in [-0.4, -0.2) is 24.5 Å². The lowest BCUT2D eigenvalue weighted by molar-refractivity contribution is 0.346. The van der Waals surface area contributed by atoms with Gasteiger partial charge in [-0.15, -0.1) is 0 Å². The first-order chi connectivity index (χ1) is 8.58. The molecule has 96 valence electrons. The molecule has 0 spiro atoms. The van der Waals surface area contributed by atoms with E-state index in [-0.39, 0.29) is 28.6 Å². The molecule has 6 nitrogen and oxygen atoms in total. The van der Waals surface area contributed by atoms with Crippen LogP contribution in [0.3, 0.4) is 0 Å². The molecule has 0 bridgehead atoms. The van der Waals surface area contributed by atoms with Crippen molar-refractivity contribution in [2.75, 3.05) is 20.0 Å². The number of aromatic nitrogens is 1. The number of hydrogen-bond acceptors (Lipinski definition) is 6. The minimum Gasteiger partial charge on any atom is -0.504 e. The Hall–Kier alpha value is -2.44. The highest BCUT2D eigenvalue weighted by Gasteiger charge is 2.23. The molecule has 2 aromatic rings. The molecule has 0 amide bonds. The maximum atomic E-state index is 13.6. The Morgan fingerprint density at radius 1 is 1.33 bits per heavy atom. The molecule has 0 radical (unpaired) electrons. The van der Waals surface area contributed by atoms with Crippen LogP contribution < -0.4 is 15.2 Å². The minimum atomic E-state index is -0.857. The van der Waals surface area contributed by atoms with E-state index in [1.54, 1.807) is 0 Å². The molecule has 1 aromatic carbocycles. The van der Waals surface area contributed by atoms with E-state index in [0.717, 1.165) is 6.07 Å². The first-order valence-corrected chi connectivity index (χ1v) is 4.94. The molecule has 1 aromatic heterocycles. The second-order valence-electron chi connectivity index (χ2n) is 3.43. The zero-order chi connectivity index (χ0) is 13.3. The molecule has 0 aliphatic carbocycles. The number of nitrogens with zero attached hydrogens (tertiary/aromatic N) is 1. The number of aromatic hydroxyl groups is 1. The third-order valence-electron chi connectivity index (χ3n) is 2.38. The second kappa shape index (κ2) is 4.44. The summed E-state index contributed by atoms with van der Waals surface area (Å²) in [5.41, 5.74) is 5.56. The molecule has 1 heterocycles. The standard InChI is InChI=1S/C11H11FN2O4/c1-16-7-3-5(12)10(15)9(11(7)17-2)6-4-8(13)18-14-6/h3-4,15H,13H2,1-2H3. The summed E-state index contributed by atoms with van der Waals surface area (Å²) in [6.07, 6.45) is 0. The van der Waals surface area contributed by atoms with Crippen LogP contribution in [0.25, 0.3) is 11.3 Å². The molecular formula is C11H11FN2O4. The van der Waals surface area contributed by atoms with E-state index >= 15 is 0 Å². The van der Waals surface area contributed by atoms with Gasteiger partial charge in [-0.25, -0.2) is 4.39 Å². The van der Waals surface area contributed by atoms with Gasteiger partial charge in [-0.2, -0.15) is 0 Å². The number of ether oxygens (including phenoxy) is 2. The van der Waals surface area contributed by atoms with Gasteiger partial charge < -0.3 is 24.8 Å². The fourth-order valence-electron chi connectivity index (χ4n) is 1.60. The van der Waals surface area contributed by atoms with Crippen molar-refractivity contribution in [3.05, 3.63) is 17.9 Å². The maximum Gasteiger partial charge on any atom is 0.222 e. The highest BCUT2D eigenvalue weighted by atomic mass is 19.1. The molecule has 0 saturated carbocycles. The molecule has 2 rings (SSSR count). The molecule has 0 aliphatic heterocycles. The van der Waals surface area contributed by atoms with Gasteiger partial charge in [0, 0.05) is 12.1 Å². The van der Waals surface area contributed by atoms with Crippen molar-refractivity contribution >= 4 is 5.88 Å². The number of phenolic OH excluding ortho intramolecular Hbond substituents is 1. The molecule has 0 unspecified atom stereocenters. The first-order valence-electron chi connectivity index (χ1n) is 4.94. The van der Waals surface area contributed by atoms with Gasteiger partial charge in [0.1, 0.15) is 5.69 Å². The van der Waals surface area contributed by atoms with E-state index in [1.165, 1.54) is 20.3 Å². The van der Waals surface area contributed by atoms with Gasteiger partial charge in [0.2, 0.25) is 5.88 Å². The Morgan fingerprint density at radius 2 is 2.06 bits per heavy atom. The van der Waals surface area contributed by atoms with Crippen molar-refractivity contribution in [2.24, 2.45) is 0 Å². The second-order valence-corrected chi connectivity index (χ2v) is 3.43. The van der Waals surface area contributed by atoms with Crippen LogP contribution in [0.4, 0.5) is 10.3 Å². The molecular weight excluding hydrogens is 243 g/mol. The summed E-state index contributed by atoms with van der Waals surface area (Å²) in [6.45, 7) is 0. The molecule has 3 N–H and O–H groups in total. The van der Waals surface area contributed by atoms with Crippen LogP contribution in [0.15, 0.2) is 16.7 Å². The smallest absolute Gasteiger partial charge is 0.222 e. The van der Waals surface area contributed by atoms with E-state index in [4.69, 9.17) is 15.2 Å². The van der Waals surface area contributed by atoms with Gasteiger partial charge in [0.05, 0.1) is 19.8 Å². The average molecular weight is 254 g/mol. The number of phenols is 1. The van der Waals surface area contributed by atoms with Crippen molar-refractivity contribution < 1.29 is 23.5 Å². The Kier molecular flexibility index (Phi) is 2.97. The predicted molar refractivity (Wildman–Crippen MR) is 61.1 cm³/mol. The first kappa shape index (κ1) is 12.0. The monoisotopic (exact) mass is 254 g/mol. The predicted octanol–water partition coefficient (Wildman–Crippen LogP) is 1.79. The van der Waals surface area contributed by atoms with E-state index in [2.05, 4.69) is 9.68 Å². The van der Waals surface area contributed by atoms with Crippen molar-refractivity contribution in [1.82, 2.24) is 5.16 Å². The summed E-state index contributed by atoms with van der Waals surface area (Å²) in [5.74, 6) is -1.16. The van der Waals surface area contributed by atoms with Gasteiger partial charge in [0.25, 0.3) is 0 Å². The van der Waals surface area contributed by atoms with Gasteiger partial charge >= 0.3 is 0 Å². The third kappa shape index (κ3) is 1.79. The summed E-state index contributed by atoms with van der Waals surface area (Å²) in [4.78, 5) is 0. The molecule has 0 atom stereocenters. The average Bonchev–Trinajstić information content (AvgIpc) is 2.78. The van der Waals surface area contributed by atoms with E-state index in [1.807, 2.05) is 0 Å². The molecule has 0 aliphatic rings. The number of halogens is 1. The lowest BCUT2D eigenvalue weighted by atomic mass is 10.1. The van der Waals surface area contributed by atoms with Crippen LogP contribution in [0.2, 0.25) is 0 Å². The summed E-state index contributed by atoms with van der Waals surface area (Å²) < 4.78 is 28.3. The zero-order valence-electron chi connectivity index (χ0n) is 9.73. The summed E-state index contributed by atoms with van der Waals surface area (Å²) in [6, 6.07) is 2.36. The summed E-state index contributed by atoms with van der Waals surface area (Å²) >= 11 is 0. The fourth-order valence-corrected chi connectivity index (χ4v) is 1.60.